The third-order valence-electron chi connectivity index (χ3n) is 3.76. The van der Waals surface area contributed by atoms with Crippen LogP contribution in [0.2, 0.25) is 0 Å². The predicted octanol–water partition coefficient (Wildman–Crippen LogP) is 3.38. The number of fused-ring (bicyclic) bond motifs is 1. The first-order chi connectivity index (χ1) is 13.2. The molecule has 0 amide bonds. The summed E-state index contributed by atoms with van der Waals surface area (Å²) in [7, 11) is 0. The van der Waals surface area contributed by atoms with Crippen molar-refractivity contribution in [3.8, 4) is 5.75 Å². The molecule has 0 saturated carbocycles. The molecule has 0 unspecified atom stereocenters. The summed E-state index contributed by atoms with van der Waals surface area (Å²) in [6, 6.07) is 8.35. The number of hydrogen-bond donors (Lipinski definition) is 2. The standard InChI is InChI=1S/C17H13F3N4O4/c18-17(19,20)8-28-11-3-1-10(2-4-11)7-21-14-6-13-12(5-15(14)24(26)27)16(25)23-9-22-13/h1-6,9,21H,7-8H2,(H,22,23,25). The molecule has 28 heavy (non-hydrogen) atoms. The van der Waals surface area contributed by atoms with Gasteiger partial charge in [-0.3, -0.25) is 14.9 Å². The fourth-order valence-electron chi connectivity index (χ4n) is 2.46. The number of ether oxygens (including phenoxy) is 1. The smallest absolute Gasteiger partial charge is 0.422 e. The Balaban J connectivity index is 1.77. The first kappa shape index (κ1) is 19.1. The van der Waals surface area contributed by atoms with Crippen molar-refractivity contribution in [1.29, 1.82) is 0 Å². The van der Waals surface area contributed by atoms with Crippen molar-refractivity contribution in [2.24, 2.45) is 0 Å². The third-order valence-corrected chi connectivity index (χ3v) is 3.76. The van der Waals surface area contributed by atoms with Crippen molar-refractivity contribution in [2.75, 3.05) is 11.9 Å². The van der Waals surface area contributed by atoms with E-state index in [0.29, 0.717) is 5.56 Å². The summed E-state index contributed by atoms with van der Waals surface area (Å²) in [5.41, 5.74) is 0.318. The summed E-state index contributed by atoms with van der Waals surface area (Å²) in [5.74, 6) is 0.0567. The van der Waals surface area contributed by atoms with Gasteiger partial charge in [0.15, 0.2) is 6.61 Å². The Bertz CT molecular complexity index is 1060. The van der Waals surface area contributed by atoms with Crippen molar-refractivity contribution < 1.29 is 22.8 Å². The second-order valence-electron chi connectivity index (χ2n) is 5.78. The van der Waals surface area contributed by atoms with Crippen molar-refractivity contribution >= 4 is 22.3 Å². The van der Waals surface area contributed by atoms with Crippen molar-refractivity contribution in [3.63, 3.8) is 0 Å². The Morgan fingerprint density at radius 3 is 2.57 bits per heavy atom. The lowest BCUT2D eigenvalue weighted by Crippen LogP contribution is -2.19. The molecule has 146 valence electrons. The molecule has 0 saturated heterocycles. The van der Waals surface area contributed by atoms with E-state index >= 15 is 0 Å². The minimum Gasteiger partial charge on any atom is -0.484 e. The molecule has 0 aliphatic carbocycles. The van der Waals surface area contributed by atoms with Crippen LogP contribution in [0.3, 0.4) is 0 Å². The highest BCUT2D eigenvalue weighted by Gasteiger charge is 2.28. The number of nitrogens with zero attached hydrogens (tertiary/aromatic N) is 2. The van der Waals surface area contributed by atoms with Gasteiger partial charge < -0.3 is 15.0 Å². The molecule has 2 aromatic carbocycles. The molecule has 0 aliphatic heterocycles. The van der Waals surface area contributed by atoms with Gasteiger partial charge in [-0.15, -0.1) is 0 Å². The molecule has 3 aromatic rings. The van der Waals surface area contributed by atoms with Crippen LogP contribution < -0.4 is 15.6 Å². The normalized spacial score (nSPS) is 11.4. The predicted molar refractivity (Wildman–Crippen MR) is 94.3 cm³/mol. The molecule has 1 aromatic heterocycles. The van der Waals surface area contributed by atoms with Gasteiger partial charge in [0.2, 0.25) is 0 Å². The van der Waals surface area contributed by atoms with Crippen LogP contribution in [0.25, 0.3) is 10.9 Å². The van der Waals surface area contributed by atoms with Gasteiger partial charge >= 0.3 is 6.18 Å². The Morgan fingerprint density at radius 2 is 1.93 bits per heavy atom. The maximum Gasteiger partial charge on any atom is 0.422 e. The molecule has 2 N–H and O–H groups in total. The fourth-order valence-corrected chi connectivity index (χ4v) is 2.46. The van der Waals surface area contributed by atoms with Crippen LogP contribution in [0.5, 0.6) is 5.75 Å². The van der Waals surface area contributed by atoms with Crippen LogP contribution in [0.1, 0.15) is 5.56 Å². The second-order valence-corrected chi connectivity index (χ2v) is 5.78. The van der Waals surface area contributed by atoms with Gasteiger partial charge in [-0.25, -0.2) is 4.98 Å². The SMILES string of the molecule is O=c1[nH]cnc2cc(NCc3ccc(OCC(F)(F)F)cc3)c([N+](=O)[O-])cc12. The molecule has 1 heterocycles. The minimum absolute atomic E-state index is 0.0567. The van der Waals surface area contributed by atoms with E-state index in [1.807, 2.05) is 0 Å². The Hall–Kier alpha value is -3.63. The van der Waals surface area contributed by atoms with Crippen LogP contribution in [0.4, 0.5) is 24.5 Å². The molecule has 11 heteroatoms. The maximum absolute atomic E-state index is 12.2. The van der Waals surface area contributed by atoms with Crippen molar-refractivity contribution in [2.45, 2.75) is 12.7 Å². The van der Waals surface area contributed by atoms with Crippen LogP contribution in [-0.2, 0) is 6.54 Å². The summed E-state index contributed by atoms with van der Waals surface area (Å²) in [6.07, 6.45) is -3.23. The zero-order valence-electron chi connectivity index (χ0n) is 14.1. The number of nitro benzene ring substituents is 1. The molecular weight excluding hydrogens is 381 g/mol. The van der Waals surface area contributed by atoms with E-state index in [1.54, 1.807) is 0 Å². The van der Waals surface area contributed by atoms with Gasteiger partial charge in [0.05, 0.1) is 22.2 Å². The van der Waals surface area contributed by atoms with Crippen LogP contribution in [-0.4, -0.2) is 27.7 Å². The topological polar surface area (TPSA) is 110 Å². The van der Waals surface area contributed by atoms with Crippen LogP contribution in [0.15, 0.2) is 47.5 Å². The second kappa shape index (κ2) is 7.55. The molecule has 8 nitrogen and oxygen atoms in total. The number of benzene rings is 2. The van der Waals surface area contributed by atoms with E-state index in [9.17, 15) is 28.1 Å². The largest absolute Gasteiger partial charge is 0.484 e. The monoisotopic (exact) mass is 394 g/mol. The number of aromatic amines is 1. The van der Waals surface area contributed by atoms with E-state index < -0.39 is 23.3 Å². The Kier molecular flexibility index (Phi) is 5.16. The molecule has 0 radical (unpaired) electrons. The first-order valence-corrected chi connectivity index (χ1v) is 7.91. The van der Waals surface area contributed by atoms with E-state index in [2.05, 4.69) is 20.0 Å². The molecule has 0 spiro atoms. The van der Waals surface area contributed by atoms with Crippen molar-refractivity contribution in [1.82, 2.24) is 9.97 Å². The number of H-pyrrole nitrogens is 1. The van der Waals surface area contributed by atoms with Gasteiger partial charge in [-0.1, -0.05) is 12.1 Å². The van der Waals surface area contributed by atoms with Gasteiger partial charge in [-0.05, 0) is 23.8 Å². The highest BCUT2D eigenvalue weighted by molar-refractivity contribution is 5.86. The van der Waals surface area contributed by atoms with Crippen LogP contribution in [0, 0.1) is 10.1 Å². The van der Waals surface area contributed by atoms with Crippen LogP contribution >= 0.6 is 0 Å². The molecule has 3 rings (SSSR count). The van der Waals surface area contributed by atoms with E-state index in [0.717, 1.165) is 6.07 Å². The fraction of sp³-hybridized carbons (Fsp3) is 0.176. The van der Waals surface area contributed by atoms with Gasteiger partial charge in [0.1, 0.15) is 11.4 Å². The zero-order chi connectivity index (χ0) is 20.3. The lowest BCUT2D eigenvalue weighted by Gasteiger charge is -2.11. The van der Waals surface area contributed by atoms with E-state index in [-0.39, 0.29) is 34.6 Å². The quantitative estimate of drug-likeness (QED) is 0.490. The minimum atomic E-state index is -4.43. The summed E-state index contributed by atoms with van der Waals surface area (Å²) in [4.78, 5) is 28.8. The van der Waals surface area contributed by atoms with Gasteiger partial charge in [0.25, 0.3) is 11.2 Å². The van der Waals surface area contributed by atoms with Gasteiger partial charge in [-0.2, -0.15) is 13.2 Å². The summed E-state index contributed by atoms with van der Waals surface area (Å²) in [6.45, 7) is -1.23. The molecule has 0 atom stereocenters. The average molecular weight is 394 g/mol. The van der Waals surface area contributed by atoms with E-state index in [1.165, 1.54) is 36.7 Å². The molecule has 0 fully saturated rings. The lowest BCUT2D eigenvalue weighted by atomic mass is 10.1. The molecule has 0 aliphatic rings. The van der Waals surface area contributed by atoms with E-state index in [4.69, 9.17) is 0 Å². The highest BCUT2D eigenvalue weighted by atomic mass is 19.4. The number of nitrogens with one attached hydrogen (secondary N) is 2. The maximum atomic E-state index is 12.2. The Labute approximate surface area is 155 Å². The number of alkyl halides is 3. The number of nitro groups is 1. The molecule has 0 bridgehead atoms. The number of halogens is 3. The zero-order valence-corrected chi connectivity index (χ0v) is 14.1. The number of aromatic nitrogens is 2. The molecular formula is C17H13F3N4O4. The van der Waals surface area contributed by atoms with Crippen molar-refractivity contribution in [3.05, 3.63) is 68.8 Å². The van der Waals surface area contributed by atoms with Gasteiger partial charge in [0, 0.05) is 12.6 Å². The number of anilines is 1. The third kappa shape index (κ3) is 4.55. The lowest BCUT2D eigenvalue weighted by molar-refractivity contribution is -0.383. The Morgan fingerprint density at radius 1 is 1.21 bits per heavy atom. The summed E-state index contributed by atoms with van der Waals surface area (Å²) in [5, 5.41) is 14.3. The number of hydrogen-bond acceptors (Lipinski definition) is 6. The average Bonchev–Trinajstić information content (AvgIpc) is 2.64. The summed E-state index contributed by atoms with van der Waals surface area (Å²) >= 11 is 0. The number of rotatable bonds is 6. The summed E-state index contributed by atoms with van der Waals surface area (Å²) < 4.78 is 41.1. The first-order valence-electron chi connectivity index (χ1n) is 7.91. The highest BCUT2D eigenvalue weighted by Crippen LogP contribution is 2.28.